The fourth-order valence-corrected chi connectivity index (χ4v) is 4.57. The number of hydrogen-bond acceptors (Lipinski definition) is 6. The van der Waals surface area contributed by atoms with Crippen LogP contribution in [0.4, 0.5) is 5.69 Å². The van der Waals surface area contributed by atoms with Gasteiger partial charge in [-0.05, 0) is 48.5 Å². The molecule has 168 valence electrons. The van der Waals surface area contributed by atoms with Crippen molar-refractivity contribution >= 4 is 45.2 Å². The number of para-hydroxylation sites is 3. The molecule has 0 fully saturated rings. The average Bonchev–Trinajstić information content (AvgIpc) is 2.88. The number of ether oxygens (including phenoxy) is 1. The fraction of sp³-hybridized carbons (Fsp3) is 0.0769. The van der Waals surface area contributed by atoms with E-state index in [1.807, 2.05) is 48.5 Å². The van der Waals surface area contributed by atoms with Crippen molar-refractivity contribution < 1.29 is 9.53 Å². The number of carbonyl (C=O) groups excluding carboxylic acids is 1. The summed E-state index contributed by atoms with van der Waals surface area (Å²) >= 11 is 1.19. The Morgan fingerprint density at radius 1 is 0.941 bits per heavy atom. The number of thioether (sulfide) groups is 1. The molecule has 0 saturated heterocycles. The third-order valence-corrected chi connectivity index (χ3v) is 6.26. The lowest BCUT2D eigenvalue weighted by Gasteiger charge is -2.15. The summed E-state index contributed by atoms with van der Waals surface area (Å²) in [5, 5.41) is 4.71. The van der Waals surface area contributed by atoms with Gasteiger partial charge in [-0.3, -0.25) is 19.1 Å². The first-order valence-electron chi connectivity index (χ1n) is 10.6. The summed E-state index contributed by atoms with van der Waals surface area (Å²) in [7, 11) is 1.55. The van der Waals surface area contributed by atoms with E-state index in [0.29, 0.717) is 33.2 Å². The molecule has 3 aromatic carbocycles. The molecule has 0 radical (unpaired) electrons. The Kier molecular flexibility index (Phi) is 5.97. The van der Waals surface area contributed by atoms with E-state index in [-0.39, 0.29) is 17.2 Å². The molecule has 0 atom stereocenters. The molecule has 0 aliphatic heterocycles. The maximum Gasteiger partial charge on any atom is 0.266 e. The Morgan fingerprint density at radius 3 is 2.59 bits per heavy atom. The van der Waals surface area contributed by atoms with Crippen LogP contribution in [0, 0.1) is 0 Å². The summed E-state index contributed by atoms with van der Waals surface area (Å²) in [4.78, 5) is 35.3. The molecule has 0 saturated carbocycles. The summed E-state index contributed by atoms with van der Waals surface area (Å²) in [6.45, 7) is 0. The number of rotatable bonds is 6. The van der Waals surface area contributed by atoms with Crippen LogP contribution in [0.1, 0.15) is 0 Å². The van der Waals surface area contributed by atoms with Gasteiger partial charge < -0.3 is 10.1 Å². The van der Waals surface area contributed by atoms with Crippen LogP contribution in [-0.2, 0) is 4.79 Å². The van der Waals surface area contributed by atoms with Crippen LogP contribution in [0.3, 0.4) is 0 Å². The maximum absolute atomic E-state index is 13.4. The molecule has 0 aliphatic rings. The molecule has 2 aromatic heterocycles. The Bertz CT molecular complexity index is 1580. The molecule has 5 rings (SSSR count). The van der Waals surface area contributed by atoms with Gasteiger partial charge in [-0.1, -0.05) is 42.1 Å². The molecular weight excluding hydrogens is 448 g/mol. The van der Waals surface area contributed by atoms with E-state index in [0.717, 1.165) is 10.9 Å². The molecule has 0 spiro atoms. The molecule has 0 bridgehead atoms. The van der Waals surface area contributed by atoms with Crippen LogP contribution in [0.15, 0.2) is 95.0 Å². The lowest BCUT2D eigenvalue weighted by Crippen LogP contribution is -2.23. The number of nitrogens with zero attached hydrogens (tertiary/aromatic N) is 3. The second-order valence-corrected chi connectivity index (χ2v) is 8.38. The fourth-order valence-electron chi connectivity index (χ4n) is 3.76. The standard InChI is InChI=1S/C26H20N4O3S/c1-33-23-14-5-4-13-22(23)30-25(32)18-8-2-3-10-21(18)29-26(30)34-16-24(31)28-20-12-6-11-19-17(20)9-7-15-27-19/h2-15H,16H2,1H3,(H,28,31). The van der Waals surface area contributed by atoms with Crippen molar-refractivity contribution in [3.05, 3.63) is 95.4 Å². The number of carbonyl (C=O) groups is 1. The van der Waals surface area contributed by atoms with Crippen LogP contribution in [-0.4, -0.2) is 33.3 Å². The number of aromatic nitrogens is 3. The zero-order valence-electron chi connectivity index (χ0n) is 18.3. The number of nitrogens with one attached hydrogen (secondary N) is 1. The predicted octanol–water partition coefficient (Wildman–Crippen LogP) is 4.67. The summed E-state index contributed by atoms with van der Waals surface area (Å²) in [6.07, 6.45) is 1.71. The monoisotopic (exact) mass is 468 g/mol. The van der Waals surface area contributed by atoms with E-state index in [2.05, 4.69) is 10.3 Å². The van der Waals surface area contributed by atoms with Crippen molar-refractivity contribution in [3.8, 4) is 11.4 Å². The lowest BCUT2D eigenvalue weighted by atomic mass is 10.2. The first-order valence-corrected chi connectivity index (χ1v) is 11.6. The van der Waals surface area contributed by atoms with Crippen LogP contribution in [0.25, 0.3) is 27.5 Å². The molecular formula is C26H20N4O3S. The van der Waals surface area contributed by atoms with Gasteiger partial charge in [0.15, 0.2) is 5.16 Å². The van der Waals surface area contributed by atoms with Crippen molar-refractivity contribution in [2.75, 3.05) is 18.2 Å². The van der Waals surface area contributed by atoms with E-state index in [9.17, 15) is 9.59 Å². The SMILES string of the molecule is COc1ccccc1-n1c(SCC(=O)Nc2cccc3ncccc23)nc2ccccc2c1=O. The molecule has 8 heteroatoms. The van der Waals surface area contributed by atoms with Crippen LogP contribution in [0.5, 0.6) is 5.75 Å². The first kappa shape index (κ1) is 21.7. The molecule has 0 aliphatic carbocycles. The van der Waals surface area contributed by atoms with Crippen LogP contribution in [0.2, 0.25) is 0 Å². The van der Waals surface area contributed by atoms with Gasteiger partial charge in [0.05, 0.1) is 40.7 Å². The summed E-state index contributed by atoms with van der Waals surface area (Å²) < 4.78 is 6.99. The number of benzene rings is 3. The van der Waals surface area contributed by atoms with Crippen molar-refractivity contribution in [1.82, 2.24) is 14.5 Å². The van der Waals surface area contributed by atoms with Gasteiger partial charge in [0.2, 0.25) is 5.91 Å². The number of fused-ring (bicyclic) bond motifs is 2. The Morgan fingerprint density at radius 2 is 1.71 bits per heavy atom. The van der Waals surface area contributed by atoms with Crippen LogP contribution >= 0.6 is 11.8 Å². The molecule has 7 nitrogen and oxygen atoms in total. The van der Waals surface area contributed by atoms with Gasteiger partial charge in [-0.2, -0.15) is 0 Å². The third kappa shape index (κ3) is 4.11. The molecule has 1 N–H and O–H groups in total. The minimum absolute atomic E-state index is 0.0661. The topological polar surface area (TPSA) is 86.1 Å². The van der Waals surface area contributed by atoms with Crippen LogP contribution < -0.4 is 15.6 Å². The number of amides is 1. The van der Waals surface area contributed by atoms with Gasteiger partial charge in [-0.15, -0.1) is 0 Å². The third-order valence-electron chi connectivity index (χ3n) is 5.32. The van der Waals surface area contributed by atoms with Crippen molar-refractivity contribution in [1.29, 1.82) is 0 Å². The quantitative estimate of drug-likeness (QED) is 0.288. The molecule has 0 unspecified atom stereocenters. The average molecular weight is 469 g/mol. The smallest absolute Gasteiger partial charge is 0.266 e. The van der Waals surface area contributed by atoms with Gasteiger partial charge in [0, 0.05) is 11.6 Å². The summed E-state index contributed by atoms with van der Waals surface area (Å²) in [5.74, 6) is 0.392. The second kappa shape index (κ2) is 9.36. The second-order valence-electron chi connectivity index (χ2n) is 7.44. The van der Waals surface area contributed by atoms with Crippen molar-refractivity contribution in [3.63, 3.8) is 0 Å². The lowest BCUT2D eigenvalue weighted by molar-refractivity contribution is -0.113. The van der Waals surface area contributed by atoms with E-state index >= 15 is 0 Å². The zero-order valence-corrected chi connectivity index (χ0v) is 19.1. The highest BCUT2D eigenvalue weighted by Crippen LogP contribution is 2.27. The van der Waals surface area contributed by atoms with E-state index in [1.165, 1.54) is 16.3 Å². The number of methoxy groups -OCH3 is 1. The normalized spacial score (nSPS) is 11.0. The highest BCUT2D eigenvalue weighted by Gasteiger charge is 2.17. The number of pyridine rings is 1. The summed E-state index contributed by atoms with van der Waals surface area (Å²) in [5.41, 5.74) is 2.40. The van der Waals surface area contributed by atoms with E-state index in [4.69, 9.17) is 9.72 Å². The Hall–Kier alpha value is -4.17. The molecule has 5 aromatic rings. The molecule has 1 amide bonds. The predicted molar refractivity (Wildman–Crippen MR) is 135 cm³/mol. The highest BCUT2D eigenvalue weighted by atomic mass is 32.2. The Balaban J connectivity index is 1.50. The number of hydrogen-bond donors (Lipinski definition) is 1. The zero-order chi connectivity index (χ0) is 23.5. The van der Waals surface area contributed by atoms with Gasteiger partial charge >= 0.3 is 0 Å². The van der Waals surface area contributed by atoms with Crippen molar-refractivity contribution in [2.45, 2.75) is 5.16 Å². The largest absolute Gasteiger partial charge is 0.495 e. The van der Waals surface area contributed by atoms with Gasteiger partial charge in [-0.25, -0.2) is 4.98 Å². The first-order chi connectivity index (χ1) is 16.7. The minimum Gasteiger partial charge on any atom is -0.495 e. The van der Waals surface area contributed by atoms with Gasteiger partial charge in [0.25, 0.3) is 5.56 Å². The van der Waals surface area contributed by atoms with Crippen molar-refractivity contribution in [2.24, 2.45) is 0 Å². The maximum atomic E-state index is 13.4. The van der Waals surface area contributed by atoms with E-state index < -0.39 is 0 Å². The number of anilines is 1. The van der Waals surface area contributed by atoms with E-state index in [1.54, 1.807) is 43.6 Å². The van der Waals surface area contributed by atoms with Gasteiger partial charge in [0.1, 0.15) is 5.75 Å². The molecule has 2 heterocycles. The molecule has 34 heavy (non-hydrogen) atoms. The minimum atomic E-state index is -0.224. The highest BCUT2D eigenvalue weighted by molar-refractivity contribution is 7.99. The summed E-state index contributed by atoms with van der Waals surface area (Å²) in [6, 6.07) is 23.7. The Labute approximate surface area is 199 Å².